The molecule has 1 aliphatic heterocycles. The minimum absolute atomic E-state index is 0.734. The van der Waals surface area contributed by atoms with Crippen LogP contribution in [0.25, 0.3) is 0 Å². The Morgan fingerprint density at radius 2 is 1.33 bits per heavy atom. The van der Waals surface area contributed by atoms with E-state index in [-0.39, 0.29) is 0 Å². The topological polar surface area (TPSA) is 98.8 Å². The van der Waals surface area contributed by atoms with E-state index in [1.807, 2.05) is 5.32 Å². The van der Waals surface area contributed by atoms with Gasteiger partial charge in [0.05, 0.1) is 0 Å². The number of carbonyl (C=O) groups is 4. The van der Waals surface area contributed by atoms with Crippen LogP contribution >= 0.6 is 0 Å². The first-order chi connectivity index (χ1) is 6.91. The van der Waals surface area contributed by atoms with E-state index >= 15 is 0 Å². The Kier molecular flexibility index (Phi) is 3.03. The van der Waals surface area contributed by atoms with Crippen molar-refractivity contribution in [3.05, 3.63) is 0 Å². The predicted octanol–water partition coefficient (Wildman–Crippen LogP) is -1.49. The lowest BCUT2D eigenvalue weighted by Crippen LogP contribution is -2.36. The van der Waals surface area contributed by atoms with Crippen LogP contribution < -0.4 is 5.32 Å². The molecule has 1 fully saturated rings. The molecule has 1 heterocycles. The minimum Gasteiger partial charge on any atom is -0.448 e. The number of hydrogen-bond acceptors (Lipinski definition) is 6. The molecule has 0 radical (unpaired) electrons. The van der Waals surface area contributed by atoms with Crippen LogP contribution in [0.5, 0.6) is 0 Å². The highest BCUT2D eigenvalue weighted by molar-refractivity contribution is 6.09. The summed E-state index contributed by atoms with van der Waals surface area (Å²) in [5.74, 6) is -3.05. The molecule has 0 bridgehead atoms. The number of imide groups is 1. The highest BCUT2D eigenvalue weighted by Gasteiger charge is 2.46. The van der Waals surface area contributed by atoms with Crippen molar-refractivity contribution in [2.75, 3.05) is 0 Å². The van der Waals surface area contributed by atoms with Crippen LogP contribution in [0.4, 0.5) is 0 Å². The van der Waals surface area contributed by atoms with Crippen LogP contribution in [0.1, 0.15) is 13.8 Å². The summed E-state index contributed by atoms with van der Waals surface area (Å²) in [7, 11) is 0. The van der Waals surface area contributed by atoms with Gasteiger partial charge >= 0.3 is 11.9 Å². The lowest BCUT2D eigenvalue weighted by atomic mass is 10.2. The lowest BCUT2D eigenvalue weighted by Gasteiger charge is -2.14. The van der Waals surface area contributed by atoms with Crippen LogP contribution in [0.3, 0.4) is 0 Å². The van der Waals surface area contributed by atoms with Gasteiger partial charge in [-0.15, -0.1) is 0 Å². The summed E-state index contributed by atoms with van der Waals surface area (Å²) < 4.78 is 9.12. The Morgan fingerprint density at radius 3 is 1.60 bits per heavy atom. The lowest BCUT2D eigenvalue weighted by molar-refractivity contribution is -0.167. The monoisotopic (exact) mass is 215 g/mol. The minimum atomic E-state index is -1.39. The van der Waals surface area contributed by atoms with Gasteiger partial charge in [-0.05, 0) is 0 Å². The van der Waals surface area contributed by atoms with Gasteiger partial charge < -0.3 is 9.47 Å². The second-order valence-electron chi connectivity index (χ2n) is 2.91. The Morgan fingerprint density at radius 1 is 1.00 bits per heavy atom. The maximum Gasteiger partial charge on any atom is 0.303 e. The average Bonchev–Trinajstić information content (AvgIpc) is 2.30. The molecule has 0 aromatic rings. The Hall–Kier alpha value is -1.92. The molecule has 0 saturated carbocycles. The molecule has 1 N–H and O–H groups in total. The van der Waals surface area contributed by atoms with Gasteiger partial charge in [0.2, 0.25) is 12.2 Å². The van der Waals surface area contributed by atoms with E-state index < -0.39 is 36.0 Å². The summed E-state index contributed by atoms with van der Waals surface area (Å²) in [5.41, 5.74) is 0. The molecule has 1 aliphatic rings. The number of amides is 2. The summed E-state index contributed by atoms with van der Waals surface area (Å²) >= 11 is 0. The molecule has 1 saturated heterocycles. The molecule has 0 spiro atoms. The molecular formula is C8H9NO6. The fourth-order valence-electron chi connectivity index (χ4n) is 1.13. The third-order valence-corrected chi connectivity index (χ3v) is 1.62. The van der Waals surface area contributed by atoms with E-state index in [0.29, 0.717) is 0 Å². The Balaban J connectivity index is 2.79. The van der Waals surface area contributed by atoms with E-state index in [0.717, 1.165) is 13.8 Å². The molecule has 0 aromatic carbocycles. The smallest absolute Gasteiger partial charge is 0.303 e. The number of rotatable bonds is 2. The molecule has 82 valence electrons. The highest BCUT2D eigenvalue weighted by atomic mass is 16.6. The van der Waals surface area contributed by atoms with Crippen molar-refractivity contribution >= 4 is 23.8 Å². The normalized spacial score (nSPS) is 24.7. The number of carbonyl (C=O) groups excluding carboxylic acids is 4. The van der Waals surface area contributed by atoms with Gasteiger partial charge in [0, 0.05) is 13.8 Å². The number of ether oxygens (including phenoxy) is 2. The van der Waals surface area contributed by atoms with Crippen molar-refractivity contribution in [3.63, 3.8) is 0 Å². The summed E-state index contributed by atoms with van der Waals surface area (Å²) in [5, 5.41) is 1.90. The van der Waals surface area contributed by atoms with E-state index in [9.17, 15) is 19.2 Å². The molecule has 2 atom stereocenters. The van der Waals surface area contributed by atoms with E-state index in [2.05, 4.69) is 9.47 Å². The first-order valence-corrected chi connectivity index (χ1v) is 4.11. The molecule has 0 aromatic heterocycles. The summed E-state index contributed by atoms with van der Waals surface area (Å²) in [4.78, 5) is 43.5. The Labute approximate surface area is 84.7 Å². The zero-order valence-electron chi connectivity index (χ0n) is 8.10. The Bertz CT molecular complexity index is 304. The molecule has 7 nitrogen and oxygen atoms in total. The maximum atomic E-state index is 11.1. The van der Waals surface area contributed by atoms with Crippen LogP contribution in [0, 0.1) is 0 Å². The first-order valence-electron chi connectivity index (χ1n) is 4.11. The van der Waals surface area contributed by atoms with Crippen LogP contribution in [0.15, 0.2) is 0 Å². The second kappa shape index (κ2) is 4.07. The predicted molar refractivity (Wildman–Crippen MR) is 44.3 cm³/mol. The van der Waals surface area contributed by atoms with Crippen molar-refractivity contribution in [2.24, 2.45) is 0 Å². The SMILES string of the molecule is CC(=O)O[C@H]1C(=O)NC(=O)[C@@H]1OC(C)=O. The van der Waals surface area contributed by atoms with Gasteiger partial charge in [-0.25, -0.2) is 0 Å². The zero-order chi connectivity index (χ0) is 11.6. The van der Waals surface area contributed by atoms with Gasteiger partial charge in [0.1, 0.15) is 0 Å². The molecule has 15 heavy (non-hydrogen) atoms. The van der Waals surface area contributed by atoms with Crippen LogP contribution in [-0.2, 0) is 28.7 Å². The molecule has 0 unspecified atom stereocenters. The van der Waals surface area contributed by atoms with Crippen molar-refractivity contribution < 1.29 is 28.7 Å². The van der Waals surface area contributed by atoms with E-state index in [4.69, 9.17) is 0 Å². The van der Waals surface area contributed by atoms with Crippen LogP contribution in [0.2, 0.25) is 0 Å². The third kappa shape index (κ3) is 2.52. The van der Waals surface area contributed by atoms with Gasteiger partial charge in [0.15, 0.2) is 0 Å². The quantitative estimate of drug-likeness (QED) is 0.445. The maximum absolute atomic E-state index is 11.1. The van der Waals surface area contributed by atoms with Crippen molar-refractivity contribution in [1.29, 1.82) is 0 Å². The summed E-state index contributed by atoms with van der Waals surface area (Å²) in [6, 6.07) is 0. The largest absolute Gasteiger partial charge is 0.448 e. The van der Waals surface area contributed by atoms with Crippen LogP contribution in [-0.4, -0.2) is 36.0 Å². The number of hydrogen-bond donors (Lipinski definition) is 1. The molecular weight excluding hydrogens is 206 g/mol. The van der Waals surface area contributed by atoms with Gasteiger partial charge in [-0.3, -0.25) is 24.5 Å². The highest BCUT2D eigenvalue weighted by Crippen LogP contribution is 2.12. The van der Waals surface area contributed by atoms with Gasteiger partial charge in [0.25, 0.3) is 11.8 Å². The molecule has 0 aliphatic carbocycles. The van der Waals surface area contributed by atoms with Gasteiger partial charge in [-0.2, -0.15) is 0 Å². The number of esters is 2. The third-order valence-electron chi connectivity index (χ3n) is 1.62. The summed E-state index contributed by atoms with van der Waals surface area (Å²) in [6.07, 6.45) is -2.78. The fourth-order valence-corrected chi connectivity index (χ4v) is 1.13. The average molecular weight is 215 g/mol. The standard InChI is InChI=1S/C8H9NO6/c1-3(10)14-5-6(15-4(2)11)8(13)9-7(5)12/h5-6H,1-2H3,(H,9,12,13)/t5-,6-/m1/s1. The van der Waals surface area contributed by atoms with E-state index in [1.54, 1.807) is 0 Å². The van der Waals surface area contributed by atoms with Gasteiger partial charge in [-0.1, -0.05) is 0 Å². The van der Waals surface area contributed by atoms with E-state index in [1.165, 1.54) is 0 Å². The molecule has 1 rings (SSSR count). The second-order valence-corrected chi connectivity index (χ2v) is 2.91. The fraction of sp³-hybridized carbons (Fsp3) is 0.500. The van der Waals surface area contributed by atoms with Crippen molar-refractivity contribution in [1.82, 2.24) is 5.32 Å². The molecule has 7 heteroatoms. The zero-order valence-corrected chi connectivity index (χ0v) is 8.10. The number of nitrogens with one attached hydrogen (secondary N) is 1. The first kappa shape index (κ1) is 11.2. The summed E-state index contributed by atoms with van der Waals surface area (Å²) in [6.45, 7) is 2.17. The molecule has 2 amide bonds. The van der Waals surface area contributed by atoms with Crippen molar-refractivity contribution in [3.8, 4) is 0 Å². The van der Waals surface area contributed by atoms with Crippen molar-refractivity contribution in [2.45, 2.75) is 26.1 Å².